The molecule has 3 aromatic carbocycles. The molecule has 2 saturated heterocycles. The Morgan fingerprint density at radius 2 is 1.45 bits per heavy atom. The van der Waals surface area contributed by atoms with Crippen molar-refractivity contribution in [1.82, 2.24) is 0 Å². The molecule has 2 aliphatic rings. The van der Waals surface area contributed by atoms with Crippen LogP contribution in [0.15, 0.2) is 78.9 Å². The predicted molar refractivity (Wildman–Crippen MR) is 115 cm³/mol. The van der Waals surface area contributed by atoms with Gasteiger partial charge in [-0.3, -0.25) is 14.4 Å². The van der Waals surface area contributed by atoms with Gasteiger partial charge >= 0.3 is 6.18 Å². The zero-order chi connectivity index (χ0) is 23.3. The highest BCUT2D eigenvalue weighted by atomic mass is 19.4. The molecule has 5 nitrogen and oxygen atoms in total. The fourth-order valence-electron chi connectivity index (χ4n) is 4.59. The summed E-state index contributed by atoms with van der Waals surface area (Å²) in [6.45, 7) is 1.88. The number of fused-ring (bicyclic) bond motifs is 1. The summed E-state index contributed by atoms with van der Waals surface area (Å²) in [7, 11) is 0. The van der Waals surface area contributed by atoms with Gasteiger partial charge in [-0.05, 0) is 42.3 Å². The van der Waals surface area contributed by atoms with E-state index in [0.29, 0.717) is 10.6 Å². The van der Waals surface area contributed by atoms with Crippen molar-refractivity contribution in [3.05, 3.63) is 95.6 Å². The van der Waals surface area contributed by atoms with Crippen LogP contribution in [0.4, 0.5) is 24.5 Å². The fourth-order valence-corrected chi connectivity index (χ4v) is 4.59. The Bertz CT molecular complexity index is 1230. The van der Waals surface area contributed by atoms with Crippen LogP contribution in [0, 0.1) is 12.8 Å². The minimum Gasteiger partial charge on any atom is -0.273 e. The fraction of sp³-hybridized carbons (Fsp3) is 0.200. The second-order valence-corrected chi connectivity index (χ2v) is 8.04. The highest BCUT2D eigenvalue weighted by molar-refractivity contribution is 6.24. The van der Waals surface area contributed by atoms with Crippen LogP contribution in [0.2, 0.25) is 0 Å². The van der Waals surface area contributed by atoms with Crippen LogP contribution in [-0.2, 0) is 20.6 Å². The van der Waals surface area contributed by atoms with Crippen LogP contribution in [0.25, 0.3) is 0 Å². The normalized spacial score (nSPS) is 22.7. The van der Waals surface area contributed by atoms with E-state index in [-0.39, 0.29) is 0 Å². The lowest BCUT2D eigenvalue weighted by Gasteiger charge is -2.30. The topological polar surface area (TPSA) is 49.9 Å². The number of rotatable bonds is 3. The average Bonchev–Trinajstić information content (AvgIpc) is 3.30. The summed E-state index contributed by atoms with van der Waals surface area (Å²) in [6, 6.07) is 20.3. The smallest absolute Gasteiger partial charge is 0.273 e. The van der Waals surface area contributed by atoms with Gasteiger partial charge in [-0.15, -0.1) is 0 Å². The molecule has 168 valence electrons. The maximum Gasteiger partial charge on any atom is 0.418 e. The number of carbonyl (C=O) groups excluding carboxylic acids is 2. The minimum atomic E-state index is -4.72. The number of nitrogens with zero attached hydrogens (tertiary/aromatic N) is 2. The zero-order valence-corrected chi connectivity index (χ0v) is 17.5. The molecular weight excluding hydrogens is 433 g/mol. The second kappa shape index (κ2) is 7.74. The molecule has 3 aromatic rings. The second-order valence-electron chi connectivity index (χ2n) is 8.04. The van der Waals surface area contributed by atoms with Crippen LogP contribution in [-0.4, -0.2) is 17.9 Å². The third kappa shape index (κ3) is 3.38. The van der Waals surface area contributed by atoms with Gasteiger partial charge in [0.1, 0.15) is 5.92 Å². The first-order valence-electron chi connectivity index (χ1n) is 10.4. The molecule has 5 rings (SSSR count). The summed E-state index contributed by atoms with van der Waals surface area (Å²) >= 11 is 0. The van der Waals surface area contributed by atoms with Gasteiger partial charge in [0, 0.05) is 0 Å². The Labute approximate surface area is 187 Å². The van der Waals surface area contributed by atoms with Gasteiger partial charge in [0.25, 0.3) is 5.91 Å². The van der Waals surface area contributed by atoms with Crippen LogP contribution in [0.3, 0.4) is 0 Å². The summed E-state index contributed by atoms with van der Waals surface area (Å²) in [4.78, 5) is 33.5. The third-order valence-electron chi connectivity index (χ3n) is 6.08. The first-order valence-corrected chi connectivity index (χ1v) is 10.4. The van der Waals surface area contributed by atoms with Gasteiger partial charge in [-0.2, -0.15) is 13.2 Å². The lowest BCUT2D eigenvalue weighted by molar-refractivity contribution is -0.137. The number of halogens is 3. The van der Waals surface area contributed by atoms with E-state index in [1.807, 2.05) is 37.3 Å². The number of benzene rings is 3. The average molecular weight is 452 g/mol. The largest absolute Gasteiger partial charge is 0.418 e. The number of para-hydroxylation sites is 2. The molecule has 0 N–H and O–H groups in total. The van der Waals surface area contributed by atoms with Gasteiger partial charge in [-0.1, -0.05) is 54.6 Å². The van der Waals surface area contributed by atoms with Crippen LogP contribution in [0.5, 0.6) is 0 Å². The number of hydrogen-bond acceptors (Lipinski definition) is 4. The summed E-state index contributed by atoms with van der Waals surface area (Å²) in [5, 5.41) is 1.53. The molecule has 0 spiro atoms. The van der Waals surface area contributed by atoms with Crippen LogP contribution < -0.4 is 9.96 Å². The van der Waals surface area contributed by atoms with Crippen LogP contribution in [0.1, 0.15) is 22.7 Å². The first kappa shape index (κ1) is 21.2. The summed E-state index contributed by atoms with van der Waals surface area (Å²) < 4.78 is 40.9. The van der Waals surface area contributed by atoms with Crippen molar-refractivity contribution in [2.75, 3.05) is 9.96 Å². The number of hydrogen-bond donors (Lipinski definition) is 0. The van der Waals surface area contributed by atoms with Gasteiger partial charge in [0.05, 0.1) is 23.0 Å². The molecular formula is C25H19F3N2O3. The number of imide groups is 1. The molecule has 0 unspecified atom stereocenters. The van der Waals surface area contributed by atoms with E-state index in [1.165, 1.54) is 17.2 Å². The highest BCUT2D eigenvalue weighted by Gasteiger charge is 2.61. The Balaban J connectivity index is 1.62. The SMILES string of the molecule is Cc1ccccc1[C@@H]1[C@H]2C(=O)N(c3ccccc3C(F)(F)F)C(=O)[C@H]2ON1c1ccccc1. The van der Waals surface area contributed by atoms with E-state index in [0.717, 1.165) is 23.3 Å². The lowest BCUT2D eigenvalue weighted by atomic mass is 9.88. The van der Waals surface area contributed by atoms with E-state index in [2.05, 4.69) is 0 Å². The monoisotopic (exact) mass is 452 g/mol. The number of carbonyl (C=O) groups is 2. The lowest BCUT2D eigenvalue weighted by Crippen LogP contribution is -2.38. The zero-order valence-electron chi connectivity index (χ0n) is 17.5. The molecule has 0 bridgehead atoms. The van der Waals surface area contributed by atoms with E-state index in [1.54, 1.807) is 24.3 Å². The Kier molecular flexibility index (Phi) is 4.97. The molecule has 0 saturated carbocycles. The maximum atomic E-state index is 13.6. The standard InChI is InChI=1S/C25H19F3N2O3/c1-15-9-5-6-12-17(15)21-20-22(33-30(21)16-10-3-2-4-11-16)24(32)29(23(20)31)19-14-8-7-13-18(19)25(26,27)28/h2-14,20-22H,1H3/t20-,21-,22+/m1/s1. The van der Waals surface area contributed by atoms with Crippen molar-refractivity contribution in [2.45, 2.75) is 25.2 Å². The summed E-state index contributed by atoms with van der Waals surface area (Å²) in [6.07, 6.45) is -5.95. The number of anilines is 2. The number of hydroxylamine groups is 1. The van der Waals surface area contributed by atoms with E-state index in [4.69, 9.17) is 4.84 Å². The number of alkyl halides is 3. The highest BCUT2D eigenvalue weighted by Crippen LogP contribution is 2.49. The molecule has 2 fully saturated rings. The van der Waals surface area contributed by atoms with Crippen molar-refractivity contribution in [3.8, 4) is 0 Å². The van der Waals surface area contributed by atoms with E-state index >= 15 is 0 Å². The molecule has 2 aliphatic heterocycles. The molecule has 2 amide bonds. The van der Waals surface area contributed by atoms with Crippen molar-refractivity contribution in [2.24, 2.45) is 5.92 Å². The predicted octanol–water partition coefficient (Wildman–Crippen LogP) is 5.06. The third-order valence-corrected chi connectivity index (χ3v) is 6.08. The van der Waals surface area contributed by atoms with Crippen molar-refractivity contribution in [1.29, 1.82) is 0 Å². The van der Waals surface area contributed by atoms with Gasteiger partial charge in [-0.25, -0.2) is 9.96 Å². The van der Waals surface area contributed by atoms with Crippen LogP contribution >= 0.6 is 0 Å². The molecule has 2 heterocycles. The molecule has 0 radical (unpaired) electrons. The molecule has 0 aromatic heterocycles. The Morgan fingerprint density at radius 3 is 2.15 bits per heavy atom. The van der Waals surface area contributed by atoms with Gasteiger partial charge < -0.3 is 0 Å². The van der Waals surface area contributed by atoms with Crippen molar-refractivity contribution in [3.63, 3.8) is 0 Å². The van der Waals surface area contributed by atoms with Crippen molar-refractivity contribution >= 4 is 23.2 Å². The summed E-state index contributed by atoms with van der Waals surface area (Å²) in [5.41, 5.74) is 0.762. The maximum absolute atomic E-state index is 13.6. The first-order chi connectivity index (χ1) is 15.8. The molecule has 33 heavy (non-hydrogen) atoms. The van der Waals surface area contributed by atoms with Gasteiger partial charge in [0.2, 0.25) is 5.91 Å². The Morgan fingerprint density at radius 1 is 0.818 bits per heavy atom. The summed E-state index contributed by atoms with van der Waals surface area (Å²) in [5.74, 6) is -2.52. The number of aryl methyl sites for hydroxylation is 1. The van der Waals surface area contributed by atoms with E-state index < -0.39 is 47.3 Å². The molecule has 3 atom stereocenters. The van der Waals surface area contributed by atoms with E-state index in [9.17, 15) is 22.8 Å². The van der Waals surface area contributed by atoms with Gasteiger partial charge in [0.15, 0.2) is 6.10 Å². The molecule has 0 aliphatic carbocycles. The van der Waals surface area contributed by atoms with Crippen molar-refractivity contribution < 1.29 is 27.6 Å². The minimum absolute atomic E-state index is 0.479. The molecule has 8 heteroatoms. The quantitative estimate of drug-likeness (QED) is 0.521. The Hall–Kier alpha value is -3.65. The number of amides is 2.